The van der Waals surface area contributed by atoms with Crippen LogP contribution in [0.15, 0.2) is 0 Å². The zero-order valence-corrected chi connectivity index (χ0v) is 29.0. The molecular formula is C38H73NO4. The maximum absolute atomic E-state index is 12.0. The fraction of sp³-hybridized carbons (Fsp3) is 0.921. The molecule has 0 heterocycles. The number of amides is 1. The minimum atomic E-state index is -0.657. The minimum absolute atomic E-state index is 0.137. The van der Waals surface area contributed by atoms with Crippen LogP contribution in [0, 0.1) is 0 Å². The highest BCUT2D eigenvalue weighted by atomic mass is 16.6. The summed E-state index contributed by atoms with van der Waals surface area (Å²) in [4.78, 5) is 35.8. The first-order valence-corrected chi connectivity index (χ1v) is 19.1. The Morgan fingerprint density at radius 2 is 0.651 bits per heavy atom. The summed E-state index contributed by atoms with van der Waals surface area (Å²) in [5, 5.41) is 2.59. The quantitative estimate of drug-likeness (QED) is 0.0448. The van der Waals surface area contributed by atoms with Crippen molar-refractivity contribution >= 4 is 17.8 Å². The molecule has 0 radical (unpaired) electrons. The lowest BCUT2D eigenvalue weighted by Crippen LogP contribution is -2.31. The topological polar surface area (TPSA) is 72.5 Å². The molecule has 0 aliphatic rings. The number of rotatable bonds is 34. The molecule has 1 amide bonds. The van der Waals surface area contributed by atoms with Gasteiger partial charge in [-0.05, 0) is 12.8 Å². The smallest absolute Gasteiger partial charge is 0.333 e. The summed E-state index contributed by atoms with van der Waals surface area (Å²) in [7, 11) is 0. The van der Waals surface area contributed by atoms with Gasteiger partial charge in [0, 0.05) is 12.8 Å². The molecule has 0 aromatic carbocycles. The Morgan fingerprint density at radius 1 is 0.372 bits per heavy atom. The summed E-state index contributed by atoms with van der Waals surface area (Å²) < 4.78 is 4.86. The van der Waals surface area contributed by atoms with Crippen LogP contribution in [0.2, 0.25) is 0 Å². The van der Waals surface area contributed by atoms with Crippen LogP contribution in [0.25, 0.3) is 0 Å². The number of unbranched alkanes of at least 4 members (excludes halogenated alkanes) is 28. The Bertz CT molecular complexity index is 621. The van der Waals surface area contributed by atoms with Gasteiger partial charge >= 0.3 is 11.9 Å². The Kier molecular flexibility index (Phi) is 34.0. The van der Waals surface area contributed by atoms with E-state index in [0.29, 0.717) is 6.42 Å². The van der Waals surface area contributed by atoms with E-state index in [9.17, 15) is 14.4 Å². The normalized spacial score (nSPS) is 11.1. The first-order chi connectivity index (χ1) is 21.1. The van der Waals surface area contributed by atoms with Gasteiger partial charge in [-0.2, -0.15) is 0 Å². The van der Waals surface area contributed by atoms with Crippen molar-refractivity contribution in [2.24, 2.45) is 0 Å². The Balaban J connectivity index is 3.39. The van der Waals surface area contributed by atoms with Crippen molar-refractivity contribution < 1.29 is 19.1 Å². The average molecular weight is 608 g/mol. The third-order valence-electron chi connectivity index (χ3n) is 8.65. The molecule has 0 unspecified atom stereocenters. The maximum Gasteiger partial charge on any atom is 0.333 e. The number of ether oxygens (including phenoxy) is 1. The van der Waals surface area contributed by atoms with Gasteiger partial charge in [0.25, 0.3) is 0 Å². The van der Waals surface area contributed by atoms with E-state index in [1.165, 1.54) is 161 Å². The van der Waals surface area contributed by atoms with E-state index in [4.69, 9.17) is 4.74 Å². The van der Waals surface area contributed by atoms with Crippen LogP contribution >= 0.6 is 0 Å². The number of carbonyl (C=O) groups is 3. The molecule has 0 atom stereocenters. The molecule has 0 bridgehead atoms. The van der Waals surface area contributed by atoms with Crippen molar-refractivity contribution in [1.82, 2.24) is 5.32 Å². The molecule has 0 aromatic rings. The lowest BCUT2D eigenvalue weighted by Gasteiger charge is -2.06. The van der Waals surface area contributed by atoms with Crippen molar-refractivity contribution in [2.45, 2.75) is 219 Å². The van der Waals surface area contributed by atoms with Crippen LogP contribution < -0.4 is 5.32 Å². The van der Waals surface area contributed by atoms with Crippen LogP contribution in [-0.4, -0.2) is 24.4 Å². The van der Waals surface area contributed by atoms with Crippen LogP contribution in [0.3, 0.4) is 0 Å². The second kappa shape index (κ2) is 35.1. The number of carbonyl (C=O) groups excluding carboxylic acids is 3. The maximum atomic E-state index is 12.0. The predicted octanol–water partition coefficient (Wildman–Crippen LogP) is 11.7. The lowest BCUT2D eigenvalue weighted by atomic mass is 10.0. The van der Waals surface area contributed by atoms with Gasteiger partial charge in [-0.15, -0.1) is 0 Å². The molecule has 5 heteroatoms. The average Bonchev–Trinajstić information content (AvgIpc) is 3.00. The van der Waals surface area contributed by atoms with Crippen LogP contribution in [0.1, 0.15) is 219 Å². The van der Waals surface area contributed by atoms with E-state index in [2.05, 4.69) is 19.2 Å². The fourth-order valence-electron chi connectivity index (χ4n) is 5.77. The van der Waals surface area contributed by atoms with E-state index in [1.54, 1.807) is 0 Å². The van der Waals surface area contributed by atoms with Gasteiger partial charge in [-0.3, -0.25) is 9.59 Å². The largest absolute Gasteiger partial charge is 0.392 e. The van der Waals surface area contributed by atoms with Crippen molar-refractivity contribution in [2.75, 3.05) is 6.54 Å². The fourth-order valence-corrected chi connectivity index (χ4v) is 5.77. The summed E-state index contributed by atoms with van der Waals surface area (Å²) in [6, 6.07) is 0. The highest BCUT2D eigenvalue weighted by Crippen LogP contribution is 2.15. The van der Waals surface area contributed by atoms with Gasteiger partial charge in [0.15, 0.2) is 0 Å². The van der Waals surface area contributed by atoms with Crippen molar-refractivity contribution in [3.8, 4) is 0 Å². The summed E-state index contributed by atoms with van der Waals surface area (Å²) in [6.07, 6.45) is 39.2. The van der Waals surface area contributed by atoms with Gasteiger partial charge in [-0.25, -0.2) is 4.79 Å². The van der Waals surface area contributed by atoms with E-state index >= 15 is 0 Å². The lowest BCUT2D eigenvalue weighted by molar-refractivity contribution is -0.159. The van der Waals surface area contributed by atoms with Crippen molar-refractivity contribution in [1.29, 1.82) is 0 Å². The zero-order valence-electron chi connectivity index (χ0n) is 29.0. The second-order valence-electron chi connectivity index (χ2n) is 13.0. The minimum Gasteiger partial charge on any atom is -0.392 e. The first kappa shape index (κ1) is 41.6. The van der Waals surface area contributed by atoms with Gasteiger partial charge in [0.05, 0.1) is 0 Å². The molecule has 1 N–H and O–H groups in total. The van der Waals surface area contributed by atoms with Crippen LogP contribution in [0.5, 0.6) is 0 Å². The third-order valence-corrected chi connectivity index (χ3v) is 8.65. The molecule has 0 fully saturated rings. The standard InChI is InChI=1S/C38H73NO4/c1-3-5-7-9-11-13-15-17-19-21-23-25-27-29-31-33-36(40)39-35-38(42)43-37(41)34-32-30-28-26-24-22-20-18-16-14-12-10-8-6-4-2/h3-35H2,1-2H3,(H,39,40). The van der Waals surface area contributed by atoms with E-state index in [0.717, 1.165) is 32.1 Å². The van der Waals surface area contributed by atoms with Crippen LogP contribution in [0.4, 0.5) is 0 Å². The summed E-state index contributed by atoms with van der Waals surface area (Å²) in [5.74, 6) is -1.27. The molecule has 0 saturated heterocycles. The molecule has 0 aliphatic heterocycles. The highest BCUT2D eigenvalue weighted by Gasteiger charge is 2.11. The Labute approximate surface area is 267 Å². The van der Waals surface area contributed by atoms with Gasteiger partial charge in [0.1, 0.15) is 6.54 Å². The molecule has 0 aliphatic carbocycles. The van der Waals surface area contributed by atoms with E-state index < -0.39 is 11.9 Å². The van der Waals surface area contributed by atoms with Gasteiger partial charge in [-0.1, -0.05) is 194 Å². The zero-order chi connectivity index (χ0) is 31.5. The number of hydrogen-bond acceptors (Lipinski definition) is 4. The third kappa shape index (κ3) is 35.0. The van der Waals surface area contributed by atoms with Crippen molar-refractivity contribution in [3.05, 3.63) is 0 Å². The first-order valence-electron chi connectivity index (χ1n) is 19.1. The second-order valence-corrected chi connectivity index (χ2v) is 13.0. The van der Waals surface area contributed by atoms with Crippen molar-refractivity contribution in [3.63, 3.8) is 0 Å². The SMILES string of the molecule is CCCCCCCCCCCCCCCCCC(=O)NCC(=O)OC(=O)CCCCCCCCCCCCCCCCC. The molecule has 43 heavy (non-hydrogen) atoms. The van der Waals surface area contributed by atoms with Crippen LogP contribution in [-0.2, 0) is 19.1 Å². The number of hydrogen-bond donors (Lipinski definition) is 1. The summed E-state index contributed by atoms with van der Waals surface area (Å²) >= 11 is 0. The Morgan fingerprint density at radius 3 is 0.977 bits per heavy atom. The molecule has 0 aromatic heterocycles. The summed E-state index contributed by atoms with van der Waals surface area (Å²) in [5.41, 5.74) is 0. The van der Waals surface area contributed by atoms with E-state index in [-0.39, 0.29) is 18.9 Å². The molecular weight excluding hydrogens is 534 g/mol. The van der Waals surface area contributed by atoms with Gasteiger partial charge in [0.2, 0.25) is 5.91 Å². The highest BCUT2D eigenvalue weighted by molar-refractivity contribution is 5.88. The molecule has 0 spiro atoms. The number of esters is 2. The Hall–Kier alpha value is -1.39. The molecule has 0 rings (SSSR count). The number of nitrogens with one attached hydrogen (secondary N) is 1. The van der Waals surface area contributed by atoms with Gasteiger partial charge < -0.3 is 10.1 Å². The predicted molar refractivity (Wildman–Crippen MR) is 183 cm³/mol. The monoisotopic (exact) mass is 608 g/mol. The van der Waals surface area contributed by atoms with E-state index in [1.807, 2.05) is 0 Å². The summed E-state index contributed by atoms with van der Waals surface area (Å²) in [6.45, 7) is 4.32. The molecule has 254 valence electrons. The molecule has 5 nitrogen and oxygen atoms in total. The molecule has 0 saturated carbocycles.